The number of carboxylic acid groups (broad SMARTS) is 1. The topological polar surface area (TPSA) is 77.8 Å². The molecule has 1 saturated heterocycles. The number of likely N-dealkylation sites (tertiary alicyclic amines) is 1. The van der Waals surface area contributed by atoms with Crippen molar-refractivity contribution in [2.24, 2.45) is 5.92 Å². The predicted octanol–water partition coefficient (Wildman–Crippen LogP) is 2.03. The van der Waals surface area contributed by atoms with Gasteiger partial charge in [-0.15, -0.1) is 0 Å². The Balaban J connectivity index is 1.99. The number of aryl methyl sites for hydroxylation is 1. The quantitative estimate of drug-likeness (QED) is 0.882. The Kier molecular flexibility index (Phi) is 4.27. The van der Waals surface area contributed by atoms with Crippen molar-refractivity contribution in [3.8, 4) is 5.75 Å². The van der Waals surface area contributed by atoms with E-state index < -0.39 is 5.97 Å². The molecule has 0 saturated carbocycles. The maximum Gasteiger partial charge on any atom is 0.303 e. The second-order valence-corrected chi connectivity index (χ2v) is 5.34. The van der Waals surface area contributed by atoms with Crippen LogP contribution in [0.2, 0.25) is 0 Å². The molecule has 0 aromatic heterocycles. The van der Waals surface area contributed by atoms with Crippen molar-refractivity contribution in [1.29, 1.82) is 0 Å². The number of phenols is 1. The molecule has 5 nitrogen and oxygen atoms in total. The molecule has 1 amide bonds. The van der Waals surface area contributed by atoms with Crippen LogP contribution in [-0.4, -0.2) is 40.1 Å². The Morgan fingerprint density at radius 3 is 2.80 bits per heavy atom. The molecule has 1 aromatic rings. The Hall–Kier alpha value is -2.04. The number of rotatable bonds is 4. The van der Waals surface area contributed by atoms with E-state index in [1.54, 1.807) is 24.0 Å². The Morgan fingerprint density at radius 2 is 2.15 bits per heavy atom. The number of carboxylic acids is 1. The van der Waals surface area contributed by atoms with E-state index in [-0.39, 0.29) is 24.0 Å². The molecule has 20 heavy (non-hydrogen) atoms. The van der Waals surface area contributed by atoms with E-state index in [9.17, 15) is 14.7 Å². The normalized spacial score (nSPS) is 18.2. The summed E-state index contributed by atoms with van der Waals surface area (Å²) in [6.45, 7) is 3.08. The lowest BCUT2D eigenvalue weighted by Crippen LogP contribution is -2.29. The first-order valence-electron chi connectivity index (χ1n) is 6.78. The minimum atomic E-state index is -0.788. The number of amides is 1. The second-order valence-electron chi connectivity index (χ2n) is 5.34. The van der Waals surface area contributed by atoms with Crippen LogP contribution in [0.4, 0.5) is 0 Å². The lowest BCUT2D eigenvalue weighted by Gasteiger charge is -2.18. The van der Waals surface area contributed by atoms with Crippen molar-refractivity contribution in [1.82, 2.24) is 4.90 Å². The number of hydrogen-bond donors (Lipinski definition) is 2. The van der Waals surface area contributed by atoms with Gasteiger partial charge in [-0.05, 0) is 49.4 Å². The summed E-state index contributed by atoms with van der Waals surface area (Å²) in [6.07, 6.45) is 1.63. The number of nitrogens with zero attached hydrogens (tertiary/aromatic N) is 1. The zero-order valence-corrected chi connectivity index (χ0v) is 11.5. The summed E-state index contributed by atoms with van der Waals surface area (Å²) in [5.74, 6) is -0.406. The predicted molar refractivity (Wildman–Crippen MR) is 73.7 cm³/mol. The van der Waals surface area contributed by atoms with Gasteiger partial charge in [0.05, 0.1) is 0 Å². The van der Waals surface area contributed by atoms with Gasteiger partial charge in [0.15, 0.2) is 0 Å². The molecule has 1 heterocycles. The fourth-order valence-electron chi connectivity index (χ4n) is 2.64. The van der Waals surface area contributed by atoms with Gasteiger partial charge in [-0.25, -0.2) is 0 Å². The van der Waals surface area contributed by atoms with Gasteiger partial charge in [-0.1, -0.05) is 0 Å². The van der Waals surface area contributed by atoms with E-state index in [1.165, 1.54) is 6.07 Å². The van der Waals surface area contributed by atoms with Gasteiger partial charge in [0, 0.05) is 25.1 Å². The lowest BCUT2D eigenvalue weighted by molar-refractivity contribution is -0.137. The molecular weight excluding hydrogens is 258 g/mol. The number of aromatic hydroxyl groups is 1. The van der Waals surface area contributed by atoms with Crippen molar-refractivity contribution in [3.63, 3.8) is 0 Å². The maximum atomic E-state index is 12.4. The molecule has 1 atom stereocenters. The van der Waals surface area contributed by atoms with Crippen LogP contribution in [0.5, 0.6) is 5.75 Å². The first kappa shape index (κ1) is 14.4. The number of carbonyl (C=O) groups is 2. The molecule has 0 radical (unpaired) electrons. The summed E-state index contributed by atoms with van der Waals surface area (Å²) in [6, 6.07) is 4.72. The Bertz CT molecular complexity index is 527. The average Bonchev–Trinajstić information content (AvgIpc) is 2.84. The van der Waals surface area contributed by atoms with E-state index >= 15 is 0 Å². The first-order chi connectivity index (χ1) is 9.47. The Morgan fingerprint density at radius 1 is 1.40 bits per heavy atom. The summed E-state index contributed by atoms with van der Waals surface area (Å²) in [7, 11) is 0. The third-order valence-electron chi connectivity index (χ3n) is 3.78. The van der Waals surface area contributed by atoms with Gasteiger partial charge < -0.3 is 15.1 Å². The summed E-state index contributed by atoms with van der Waals surface area (Å²) < 4.78 is 0. The molecule has 2 rings (SSSR count). The molecule has 1 aliphatic rings. The van der Waals surface area contributed by atoms with Crippen LogP contribution in [0, 0.1) is 12.8 Å². The fourth-order valence-corrected chi connectivity index (χ4v) is 2.64. The van der Waals surface area contributed by atoms with E-state index in [0.717, 1.165) is 12.0 Å². The molecular formula is C15H19NO4. The number of phenolic OH excluding ortho intramolecular Hbond substituents is 1. The Labute approximate surface area is 117 Å². The van der Waals surface area contributed by atoms with Crippen molar-refractivity contribution in [2.45, 2.75) is 26.2 Å². The highest BCUT2D eigenvalue weighted by Gasteiger charge is 2.27. The standard InChI is InChI=1S/C15H19NO4/c1-10-8-12(17)3-4-13(10)15(20)16-7-6-11(9-16)2-5-14(18)19/h3-4,8,11,17H,2,5-7,9H2,1H3,(H,18,19). The number of carbonyl (C=O) groups excluding carboxylic acids is 1. The van der Waals surface area contributed by atoms with Gasteiger partial charge in [-0.2, -0.15) is 0 Å². The molecule has 0 spiro atoms. The smallest absolute Gasteiger partial charge is 0.303 e. The van der Waals surface area contributed by atoms with Crippen molar-refractivity contribution in [3.05, 3.63) is 29.3 Å². The third-order valence-corrected chi connectivity index (χ3v) is 3.78. The number of hydrogen-bond acceptors (Lipinski definition) is 3. The van der Waals surface area contributed by atoms with Crippen LogP contribution in [0.25, 0.3) is 0 Å². The summed E-state index contributed by atoms with van der Waals surface area (Å²) in [4.78, 5) is 24.7. The number of benzene rings is 1. The molecule has 108 valence electrons. The molecule has 1 aliphatic heterocycles. The van der Waals surface area contributed by atoms with Gasteiger partial charge in [0.1, 0.15) is 5.75 Å². The SMILES string of the molecule is Cc1cc(O)ccc1C(=O)N1CCC(CCC(=O)O)C1. The van der Waals surface area contributed by atoms with E-state index in [2.05, 4.69) is 0 Å². The molecule has 2 N–H and O–H groups in total. The van der Waals surface area contributed by atoms with Gasteiger partial charge in [0.2, 0.25) is 0 Å². The monoisotopic (exact) mass is 277 g/mol. The molecule has 0 bridgehead atoms. The largest absolute Gasteiger partial charge is 0.508 e. The van der Waals surface area contributed by atoms with Crippen LogP contribution in [0.1, 0.15) is 35.2 Å². The van der Waals surface area contributed by atoms with Crippen molar-refractivity contribution < 1.29 is 19.8 Å². The highest BCUT2D eigenvalue weighted by Crippen LogP contribution is 2.24. The van der Waals surface area contributed by atoms with Crippen LogP contribution in [0.3, 0.4) is 0 Å². The van der Waals surface area contributed by atoms with Gasteiger partial charge >= 0.3 is 5.97 Å². The van der Waals surface area contributed by atoms with Crippen LogP contribution >= 0.6 is 0 Å². The summed E-state index contributed by atoms with van der Waals surface area (Å²) in [5, 5.41) is 18.1. The van der Waals surface area contributed by atoms with Crippen LogP contribution in [-0.2, 0) is 4.79 Å². The van der Waals surface area contributed by atoms with Gasteiger partial charge in [-0.3, -0.25) is 9.59 Å². The third kappa shape index (κ3) is 3.29. The number of aliphatic carboxylic acids is 1. The maximum absolute atomic E-state index is 12.4. The van der Waals surface area contributed by atoms with Crippen molar-refractivity contribution >= 4 is 11.9 Å². The van der Waals surface area contributed by atoms with Crippen molar-refractivity contribution in [2.75, 3.05) is 13.1 Å². The molecule has 1 aromatic carbocycles. The first-order valence-corrected chi connectivity index (χ1v) is 6.78. The summed E-state index contributed by atoms with van der Waals surface area (Å²) >= 11 is 0. The summed E-state index contributed by atoms with van der Waals surface area (Å²) in [5.41, 5.74) is 1.35. The molecule has 0 aliphatic carbocycles. The zero-order valence-electron chi connectivity index (χ0n) is 11.5. The van der Waals surface area contributed by atoms with Gasteiger partial charge in [0.25, 0.3) is 5.91 Å². The fraction of sp³-hybridized carbons (Fsp3) is 0.467. The minimum Gasteiger partial charge on any atom is -0.508 e. The highest BCUT2D eigenvalue weighted by molar-refractivity contribution is 5.96. The molecule has 1 unspecified atom stereocenters. The average molecular weight is 277 g/mol. The highest BCUT2D eigenvalue weighted by atomic mass is 16.4. The van der Waals surface area contributed by atoms with E-state index in [4.69, 9.17) is 5.11 Å². The minimum absolute atomic E-state index is 0.0414. The molecule has 5 heteroatoms. The van der Waals surface area contributed by atoms with Crippen LogP contribution in [0.15, 0.2) is 18.2 Å². The molecule has 1 fully saturated rings. The van der Waals surface area contributed by atoms with E-state index in [1.807, 2.05) is 0 Å². The lowest BCUT2D eigenvalue weighted by atomic mass is 10.0. The second kappa shape index (κ2) is 5.94. The zero-order chi connectivity index (χ0) is 14.7. The van der Waals surface area contributed by atoms with E-state index in [0.29, 0.717) is 25.1 Å². The van der Waals surface area contributed by atoms with Crippen LogP contribution < -0.4 is 0 Å².